The Kier molecular flexibility index (Phi) is 4.95. The van der Waals surface area contributed by atoms with Gasteiger partial charge in [-0.3, -0.25) is 9.69 Å². The number of morpholine rings is 1. The van der Waals surface area contributed by atoms with E-state index >= 15 is 0 Å². The molecule has 0 amide bonds. The molecule has 1 atom stereocenters. The molecule has 1 fully saturated rings. The van der Waals surface area contributed by atoms with Gasteiger partial charge in [-0.05, 0) is 31.4 Å². The molecule has 2 rings (SSSR count). The molecule has 3 heteroatoms. The van der Waals surface area contributed by atoms with Crippen LogP contribution in [0.1, 0.15) is 31.4 Å². The van der Waals surface area contributed by atoms with E-state index in [1.165, 1.54) is 5.56 Å². The first-order chi connectivity index (χ1) is 9.58. The number of carbonyl (C=O) groups is 1. The van der Waals surface area contributed by atoms with Gasteiger partial charge < -0.3 is 4.74 Å². The largest absolute Gasteiger partial charge is 0.379 e. The number of ketones is 1. The van der Waals surface area contributed by atoms with Gasteiger partial charge in [-0.25, -0.2) is 0 Å². The summed E-state index contributed by atoms with van der Waals surface area (Å²) in [4.78, 5) is 15.1. The molecule has 0 saturated carbocycles. The van der Waals surface area contributed by atoms with Crippen molar-refractivity contribution in [3.8, 4) is 0 Å². The molecule has 1 aromatic carbocycles. The van der Waals surface area contributed by atoms with Crippen LogP contribution in [0, 0.1) is 6.92 Å². The highest BCUT2D eigenvalue weighted by molar-refractivity contribution is 5.90. The van der Waals surface area contributed by atoms with Crippen LogP contribution in [0.5, 0.6) is 0 Å². The summed E-state index contributed by atoms with van der Waals surface area (Å²) in [7, 11) is 0. The fourth-order valence-electron chi connectivity index (χ4n) is 2.83. The summed E-state index contributed by atoms with van der Waals surface area (Å²) in [5.74, 6) is 0.316. The average Bonchev–Trinajstić information content (AvgIpc) is 2.49. The maximum absolute atomic E-state index is 12.8. The second kappa shape index (κ2) is 6.51. The average molecular weight is 275 g/mol. The molecular formula is C17H25NO2. The molecular weight excluding hydrogens is 250 g/mol. The van der Waals surface area contributed by atoms with Crippen molar-refractivity contribution in [1.82, 2.24) is 4.90 Å². The summed E-state index contributed by atoms with van der Waals surface area (Å²) >= 11 is 0. The second-order valence-electron chi connectivity index (χ2n) is 5.75. The number of Topliss-reactive ketones (excluding diaryl/α,β-unsaturated/α-hetero) is 1. The fourth-order valence-corrected chi connectivity index (χ4v) is 2.83. The zero-order valence-corrected chi connectivity index (χ0v) is 12.8. The number of benzene rings is 1. The maximum Gasteiger partial charge on any atom is 0.157 e. The predicted octanol–water partition coefficient (Wildman–Crippen LogP) is 2.61. The van der Waals surface area contributed by atoms with E-state index in [-0.39, 0.29) is 5.54 Å². The third-order valence-corrected chi connectivity index (χ3v) is 4.61. The Morgan fingerprint density at radius 3 is 2.55 bits per heavy atom. The molecule has 110 valence electrons. The highest BCUT2D eigenvalue weighted by Crippen LogP contribution is 2.24. The summed E-state index contributed by atoms with van der Waals surface area (Å²) in [5, 5.41) is 0. The molecule has 1 saturated heterocycles. The van der Waals surface area contributed by atoms with Crippen LogP contribution in [0.4, 0.5) is 0 Å². The molecule has 0 spiro atoms. The Morgan fingerprint density at radius 2 is 1.95 bits per heavy atom. The lowest BCUT2D eigenvalue weighted by Crippen LogP contribution is -2.56. The Bertz CT molecular complexity index is 466. The summed E-state index contributed by atoms with van der Waals surface area (Å²) < 4.78 is 5.40. The first-order valence-corrected chi connectivity index (χ1v) is 7.48. The summed E-state index contributed by atoms with van der Waals surface area (Å²) in [6, 6.07) is 8.15. The van der Waals surface area contributed by atoms with Crippen LogP contribution in [0.15, 0.2) is 24.3 Å². The van der Waals surface area contributed by atoms with Gasteiger partial charge in [0.2, 0.25) is 0 Å². The van der Waals surface area contributed by atoms with Crippen LogP contribution >= 0.6 is 0 Å². The normalized spacial score (nSPS) is 19.6. The lowest BCUT2D eigenvalue weighted by molar-refractivity contribution is -0.133. The molecule has 0 bridgehead atoms. The van der Waals surface area contributed by atoms with Crippen LogP contribution in [0.3, 0.4) is 0 Å². The molecule has 1 aliphatic heterocycles. The lowest BCUT2D eigenvalue weighted by atomic mass is 9.86. The Hall–Kier alpha value is -1.19. The summed E-state index contributed by atoms with van der Waals surface area (Å²) in [5.41, 5.74) is 1.97. The standard InChI is InChI=1S/C17H25NO2/c1-4-17(3,18-9-11-20-12-10-18)16(19)13-15-8-6-5-7-14(15)2/h5-8H,4,9-13H2,1-3H3. The van der Waals surface area contributed by atoms with E-state index in [4.69, 9.17) is 4.74 Å². The smallest absolute Gasteiger partial charge is 0.157 e. The Labute approximate surface area is 121 Å². The summed E-state index contributed by atoms with van der Waals surface area (Å²) in [6.45, 7) is 9.42. The molecule has 0 N–H and O–H groups in total. The third kappa shape index (κ3) is 3.10. The van der Waals surface area contributed by atoms with Crippen molar-refractivity contribution in [3.63, 3.8) is 0 Å². The van der Waals surface area contributed by atoms with Crippen molar-refractivity contribution in [2.45, 2.75) is 39.2 Å². The number of nitrogens with zero attached hydrogens (tertiary/aromatic N) is 1. The van der Waals surface area contributed by atoms with Crippen LogP contribution in [0.2, 0.25) is 0 Å². The number of hydrogen-bond acceptors (Lipinski definition) is 3. The van der Waals surface area contributed by atoms with E-state index < -0.39 is 0 Å². The van der Waals surface area contributed by atoms with Crippen molar-refractivity contribution in [3.05, 3.63) is 35.4 Å². The number of rotatable bonds is 5. The molecule has 1 aliphatic rings. The molecule has 1 heterocycles. The first kappa shape index (κ1) is 15.2. The number of ether oxygens (including phenoxy) is 1. The van der Waals surface area contributed by atoms with Gasteiger partial charge >= 0.3 is 0 Å². The molecule has 1 unspecified atom stereocenters. The third-order valence-electron chi connectivity index (χ3n) is 4.61. The maximum atomic E-state index is 12.8. The monoisotopic (exact) mass is 275 g/mol. The highest BCUT2D eigenvalue weighted by Gasteiger charge is 2.37. The minimum Gasteiger partial charge on any atom is -0.379 e. The molecule has 0 aromatic heterocycles. The quantitative estimate of drug-likeness (QED) is 0.827. The molecule has 0 aliphatic carbocycles. The minimum atomic E-state index is -0.369. The van der Waals surface area contributed by atoms with Crippen LogP contribution in [-0.4, -0.2) is 42.5 Å². The van der Waals surface area contributed by atoms with Gasteiger partial charge in [0.25, 0.3) is 0 Å². The topological polar surface area (TPSA) is 29.5 Å². The van der Waals surface area contributed by atoms with Gasteiger partial charge in [-0.1, -0.05) is 31.2 Å². The minimum absolute atomic E-state index is 0.316. The summed E-state index contributed by atoms with van der Waals surface area (Å²) in [6.07, 6.45) is 1.37. The van der Waals surface area contributed by atoms with Gasteiger partial charge in [-0.2, -0.15) is 0 Å². The predicted molar refractivity (Wildman–Crippen MR) is 81.0 cm³/mol. The van der Waals surface area contributed by atoms with Crippen LogP contribution in [0.25, 0.3) is 0 Å². The van der Waals surface area contributed by atoms with Crippen LogP contribution < -0.4 is 0 Å². The highest BCUT2D eigenvalue weighted by atomic mass is 16.5. The van der Waals surface area contributed by atoms with E-state index in [1.54, 1.807) is 0 Å². The van der Waals surface area contributed by atoms with E-state index in [1.807, 2.05) is 12.1 Å². The second-order valence-corrected chi connectivity index (χ2v) is 5.75. The van der Waals surface area contributed by atoms with E-state index in [0.29, 0.717) is 12.2 Å². The van der Waals surface area contributed by atoms with Gasteiger partial charge in [-0.15, -0.1) is 0 Å². The van der Waals surface area contributed by atoms with Gasteiger partial charge in [0, 0.05) is 19.5 Å². The van der Waals surface area contributed by atoms with Crippen molar-refractivity contribution in [2.75, 3.05) is 26.3 Å². The van der Waals surface area contributed by atoms with E-state index in [2.05, 4.69) is 37.8 Å². The van der Waals surface area contributed by atoms with Crippen LogP contribution in [-0.2, 0) is 16.0 Å². The van der Waals surface area contributed by atoms with Crippen molar-refractivity contribution >= 4 is 5.78 Å². The lowest BCUT2D eigenvalue weighted by Gasteiger charge is -2.41. The SMILES string of the molecule is CCC(C)(C(=O)Cc1ccccc1C)N1CCOCC1. The van der Waals surface area contributed by atoms with Gasteiger partial charge in [0.05, 0.1) is 18.8 Å². The van der Waals surface area contributed by atoms with Crippen molar-refractivity contribution in [2.24, 2.45) is 0 Å². The Balaban J connectivity index is 2.14. The van der Waals surface area contributed by atoms with Crippen molar-refractivity contribution in [1.29, 1.82) is 0 Å². The zero-order chi connectivity index (χ0) is 14.6. The first-order valence-electron chi connectivity index (χ1n) is 7.48. The Morgan fingerprint density at radius 1 is 1.30 bits per heavy atom. The number of hydrogen-bond donors (Lipinski definition) is 0. The molecule has 0 radical (unpaired) electrons. The molecule has 20 heavy (non-hydrogen) atoms. The van der Waals surface area contributed by atoms with E-state index in [9.17, 15) is 4.79 Å². The van der Waals surface area contributed by atoms with Crippen molar-refractivity contribution < 1.29 is 9.53 Å². The molecule has 1 aromatic rings. The number of aryl methyl sites for hydroxylation is 1. The van der Waals surface area contributed by atoms with E-state index in [0.717, 1.165) is 38.3 Å². The number of carbonyl (C=O) groups excluding carboxylic acids is 1. The molecule has 3 nitrogen and oxygen atoms in total. The van der Waals surface area contributed by atoms with Gasteiger partial charge in [0.1, 0.15) is 0 Å². The zero-order valence-electron chi connectivity index (χ0n) is 12.8. The fraction of sp³-hybridized carbons (Fsp3) is 0.588. The van der Waals surface area contributed by atoms with Gasteiger partial charge in [0.15, 0.2) is 5.78 Å².